The average molecular weight is 517 g/mol. The van der Waals surface area contributed by atoms with E-state index in [0.29, 0.717) is 0 Å². The van der Waals surface area contributed by atoms with Gasteiger partial charge in [-0.3, -0.25) is 14.7 Å². The van der Waals surface area contributed by atoms with Gasteiger partial charge in [0.1, 0.15) is 0 Å². The van der Waals surface area contributed by atoms with Crippen LogP contribution in [0.3, 0.4) is 0 Å². The standard InChI is InChI=1S/C30H40N6O2/c1-5-35-14-16-36(17-15-35)30(12-18-38-19-13-30)23-6-7-25(33-28(37)27-32-21-26(31-4)34-27)24(20-23)22-8-10-29(2,3)11-9-22/h6-8,20-21H,5,9-19H2,1-3H3,(H,32,34)(H,33,37). The molecule has 2 fully saturated rings. The lowest BCUT2D eigenvalue weighted by Gasteiger charge is -2.50. The van der Waals surface area contributed by atoms with E-state index in [-0.39, 0.29) is 28.5 Å². The highest BCUT2D eigenvalue weighted by Gasteiger charge is 2.41. The highest BCUT2D eigenvalue weighted by atomic mass is 16.5. The van der Waals surface area contributed by atoms with Gasteiger partial charge in [0, 0.05) is 50.6 Å². The Bertz CT molecular complexity index is 1230. The van der Waals surface area contributed by atoms with E-state index in [1.165, 1.54) is 17.3 Å². The molecule has 2 aromatic rings. The summed E-state index contributed by atoms with van der Waals surface area (Å²) >= 11 is 0. The van der Waals surface area contributed by atoms with Gasteiger partial charge in [-0.15, -0.1) is 0 Å². The Kier molecular flexibility index (Phi) is 7.71. The number of piperazine rings is 1. The number of amides is 1. The number of nitrogens with zero attached hydrogens (tertiary/aromatic N) is 4. The fraction of sp³-hybridized carbons (Fsp3) is 0.567. The minimum atomic E-state index is -0.331. The summed E-state index contributed by atoms with van der Waals surface area (Å²) in [7, 11) is 0. The molecule has 8 heteroatoms. The van der Waals surface area contributed by atoms with Crippen molar-refractivity contribution in [3.63, 3.8) is 0 Å². The number of hydrogen-bond acceptors (Lipinski definition) is 5. The highest BCUT2D eigenvalue weighted by Crippen LogP contribution is 2.44. The smallest absolute Gasteiger partial charge is 0.314 e. The third kappa shape index (κ3) is 5.42. The predicted octanol–water partition coefficient (Wildman–Crippen LogP) is 5.45. The van der Waals surface area contributed by atoms with Crippen molar-refractivity contribution in [3.8, 4) is 0 Å². The maximum absolute atomic E-state index is 13.1. The summed E-state index contributed by atoms with van der Waals surface area (Å²) in [5, 5.41) is 3.10. The van der Waals surface area contributed by atoms with Crippen molar-refractivity contribution in [2.75, 3.05) is 51.3 Å². The monoisotopic (exact) mass is 516 g/mol. The fourth-order valence-electron chi connectivity index (χ4n) is 6.18. The number of rotatable bonds is 6. The maximum Gasteiger partial charge on any atom is 0.314 e. The molecular formula is C30H40N6O2. The Morgan fingerprint density at radius 3 is 2.58 bits per heavy atom. The molecule has 0 radical (unpaired) electrons. The van der Waals surface area contributed by atoms with Crippen LogP contribution in [0.2, 0.25) is 0 Å². The van der Waals surface area contributed by atoms with Crippen molar-refractivity contribution < 1.29 is 9.53 Å². The second-order valence-electron chi connectivity index (χ2n) is 11.6. The second-order valence-corrected chi connectivity index (χ2v) is 11.6. The number of ether oxygens (including phenoxy) is 1. The molecule has 2 aliphatic heterocycles. The van der Waals surface area contributed by atoms with Crippen LogP contribution in [0.25, 0.3) is 10.4 Å². The molecule has 202 valence electrons. The number of carbonyl (C=O) groups is 1. The normalized spacial score (nSPS) is 21.9. The minimum Gasteiger partial charge on any atom is -0.381 e. The van der Waals surface area contributed by atoms with Gasteiger partial charge >= 0.3 is 5.91 Å². The number of nitrogens with one attached hydrogen (secondary N) is 2. The molecule has 0 spiro atoms. The van der Waals surface area contributed by atoms with Crippen molar-refractivity contribution in [2.24, 2.45) is 5.41 Å². The number of hydrogen-bond donors (Lipinski definition) is 2. The summed E-state index contributed by atoms with van der Waals surface area (Å²) < 4.78 is 5.85. The van der Waals surface area contributed by atoms with E-state index in [2.05, 4.69) is 75.0 Å². The molecular weight excluding hydrogens is 476 g/mol. The van der Waals surface area contributed by atoms with Gasteiger partial charge in [-0.25, -0.2) is 4.98 Å². The molecule has 1 aromatic carbocycles. The Hall–Kier alpha value is -2.99. The first-order chi connectivity index (χ1) is 18.3. The topological polar surface area (TPSA) is 77.8 Å². The zero-order valence-electron chi connectivity index (χ0n) is 23.0. The molecule has 3 heterocycles. The van der Waals surface area contributed by atoms with E-state index in [0.717, 1.165) is 89.3 Å². The third-order valence-electron chi connectivity index (χ3n) is 8.77. The van der Waals surface area contributed by atoms with Gasteiger partial charge in [-0.1, -0.05) is 39.5 Å². The molecule has 3 aliphatic rings. The first-order valence-corrected chi connectivity index (χ1v) is 14.0. The number of allylic oxidation sites excluding steroid dienone is 2. The lowest BCUT2D eigenvalue weighted by atomic mass is 9.75. The molecule has 1 aliphatic carbocycles. The largest absolute Gasteiger partial charge is 0.381 e. The van der Waals surface area contributed by atoms with Gasteiger partial charge in [-0.05, 0) is 67.3 Å². The zero-order valence-corrected chi connectivity index (χ0v) is 23.0. The van der Waals surface area contributed by atoms with Crippen LogP contribution in [-0.4, -0.2) is 71.6 Å². The van der Waals surface area contributed by atoms with Crippen LogP contribution in [0, 0.1) is 12.0 Å². The van der Waals surface area contributed by atoms with E-state index in [1.54, 1.807) is 0 Å². The summed E-state index contributed by atoms with van der Waals surface area (Å²) in [6, 6.07) is 6.61. The SMILES string of the molecule is [C-]#[N+]c1cnc(C(=O)Nc2ccc(C3(N4CCN(CC)CC4)CCOCC3)cc2C2=CCC(C)(C)CC2)[nH]1. The van der Waals surface area contributed by atoms with Crippen molar-refractivity contribution in [2.45, 2.75) is 58.4 Å². The van der Waals surface area contributed by atoms with Crippen LogP contribution in [0.1, 0.15) is 74.6 Å². The quantitative estimate of drug-likeness (QED) is 0.500. The average Bonchev–Trinajstić information content (AvgIpc) is 3.44. The van der Waals surface area contributed by atoms with E-state index >= 15 is 0 Å². The first kappa shape index (κ1) is 26.6. The van der Waals surface area contributed by atoms with Gasteiger partial charge in [0.05, 0.1) is 11.7 Å². The van der Waals surface area contributed by atoms with Gasteiger partial charge in [-0.2, -0.15) is 0 Å². The van der Waals surface area contributed by atoms with Crippen LogP contribution < -0.4 is 5.32 Å². The molecule has 0 atom stereocenters. The van der Waals surface area contributed by atoms with Crippen LogP contribution in [0.4, 0.5) is 11.5 Å². The Morgan fingerprint density at radius 2 is 1.95 bits per heavy atom. The lowest BCUT2D eigenvalue weighted by molar-refractivity contribution is -0.0504. The second kappa shape index (κ2) is 11.0. The molecule has 8 nitrogen and oxygen atoms in total. The zero-order chi connectivity index (χ0) is 26.8. The van der Waals surface area contributed by atoms with E-state index in [9.17, 15) is 4.79 Å². The third-order valence-corrected chi connectivity index (χ3v) is 8.77. The van der Waals surface area contributed by atoms with E-state index in [1.807, 2.05) is 0 Å². The maximum atomic E-state index is 13.1. The Labute approximate surface area is 226 Å². The Balaban J connectivity index is 1.52. The van der Waals surface area contributed by atoms with Crippen LogP contribution in [0.5, 0.6) is 0 Å². The molecule has 38 heavy (non-hydrogen) atoms. The van der Waals surface area contributed by atoms with Crippen LogP contribution in [-0.2, 0) is 10.3 Å². The molecule has 0 saturated carbocycles. The summed E-state index contributed by atoms with van der Waals surface area (Å²) in [5.74, 6) is 0.0779. The fourth-order valence-corrected chi connectivity index (χ4v) is 6.18. The van der Waals surface area contributed by atoms with Gasteiger partial charge < -0.3 is 19.8 Å². The van der Waals surface area contributed by atoms with Gasteiger partial charge in [0.15, 0.2) is 0 Å². The minimum absolute atomic E-state index is 0.0601. The van der Waals surface area contributed by atoms with Crippen molar-refractivity contribution in [3.05, 3.63) is 58.8 Å². The number of imidazole rings is 1. The number of carbonyl (C=O) groups excluding carboxylic acids is 1. The van der Waals surface area contributed by atoms with Gasteiger partial charge in [0.2, 0.25) is 5.82 Å². The summed E-state index contributed by atoms with van der Waals surface area (Å²) in [4.78, 5) is 28.5. The highest BCUT2D eigenvalue weighted by molar-refractivity contribution is 6.03. The van der Waals surface area contributed by atoms with Crippen molar-refractivity contribution in [1.29, 1.82) is 0 Å². The number of H-pyrrole nitrogens is 1. The van der Waals surface area contributed by atoms with E-state index < -0.39 is 0 Å². The van der Waals surface area contributed by atoms with Crippen LogP contribution >= 0.6 is 0 Å². The molecule has 5 rings (SSSR count). The molecule has 0 bridgehead atoms. The number of aromatic nitrogens is 2. The van der Waals surface area contributed by atoms with Gasteiger partial charge in [0.25, 0.3) is 5.82 Å². The summed E-state index contributed by atoms with van der Waals surface area (Å²) in [5.41, 5.74) is 4.73. The number of anilines is 1. The molecule has 2 N–H and O–H groups in total. The van der Waals surface area contributed by atoms with E-state index in [4.69, 9.17) is 11.3 Å². The summed E-state index contributed by atoms with van der Waals surface area (Å²) in [6.45, 7) is 21.0. The predicted molar refractivity (Wildman–Crippen MR) is 150 cm³/mol. The van der Waals surface area contributed by atoms with Crippen LogP contribution in [0.15, 0.2) is 30.5 Å². The number of aromatic amines is 1. The number of likely N-dealkylation sites (N-methyl/N-ethyl adjacent to an activating group) is 1. The molecule has 1 aromatic heterocycles. The Morgan fingerprint density at radius 1 is 1.18 bits per heavy atom. The molecule has 1 amide bonds. The van der Waals surface area contributed by atoms with Crippen molar-refractivity contribution in [1.82, 2.24) is 19.8 Å². The number of benzene rings is 1. The van der Waals surface area contributed by atoms with Crippen molar-refractivity contribution >= 4 is 23.0 Å². The molecule has 0 unspecified atom stereocenters. The summed E-state index contributed by atoms with van der Waals surface area (Å²) in [6.07, 6.45) is 8.81. The lowest BCUT2D eigenvalue weighted by Crippen LogP contribution is -2.57. The first-order valence-electron chi connectivity index (χ1n) is 14.0. The molecule has 2 saturated heterocycles.